The zero-order valence-corrected chi connectivity index (χ0v) is 26.2. The predicted molar refractivity (Wildman–Crippen MR) is 163 cm³/mol. The number of ether oxygens (including phenoxy) is 3. The van der Waals surface area contributed by atoms with Gasteiger partial charge < -0.3 is 29.1 Å². The van der Waals surface area contributed by atoms with Crippen molar-refractivity contribution < 1.29 is 33.7 Å². The number of esters is 1. The monoisotopic (exact) mass is 634 g/mol. The van der Waals surface area contributed by atoms with Gasteiger partial charge in [-0.25, -0.2) is 4.79 Å². The number of amides is 1. The van der Waals surface area contributed by atoms with Crippen LogP contribution in [0.25, 0.3) is 0 Å². The Morgan fingerprint density at radius 2 is 1.69 bits per heavy atom. The van der Waals surface area contributed by atoms with Crippen LogP contribution in [0.5, 0.6) is 11.5 Å². The topological polar surface area (TPSA) is 106 Å². The average molecular weight is 635 g/mol. The number of thiophene rings is 2. The molecule has 0 unspecified atom stereocenters. The summed E-state index contributed by atoms with van der Waals surface area (Å²) in [6.07, 6.45) is 3.44. The molecule has 2 aromatic heterocycles. The summed E-state index contributed by atoms with van der Waals surface area (Å²) < 4.78 is 16.6. The van der Waals surface area contributed by atoms with Gasteiger partial charge in [-0.15, -0.1) is 22.7 Å². The number of hydrogen-bond acceptors (Lipinski definition) is 10. The fourth-order valence-electron chi connectivity index (χ4n) is 4.93. The minimum atomic E-state index is -1.80. The van der Waals surface area contributed by atoms with E-state index in [1.165, 1.54) is 41.9 Å². The summed E-state index contributed by atoms with van der Waals surface area (Å²) in [6.45, 7) is 0.961. The van der Waals surface area contributed by atoms with Crippen LogP contribution in [-0.4, -0.2) is 86.1 Å². The van der Waals surface area contributed by atoms with Crippen LogP contribution in [0.4, 0.5) is 0 Å². The van der Waals surface area contributed by atoms with E-state index in [9.17, 15) is 19.5 Å². The van der Waals surface area contributed by atoms with E-state index in [0.29, 0.717) is 53.3 Å². The first-order valence-corrected chi connectivity index (χ1v) is 15.7. The number of aliphatic hydroxyl groups is 1. The minimum Gasteiger partial charge on any atom is -0.496 e. The molecule has 0 bridgehead atoms. The SMILES string of the molecule is COc1cc(OCC(=O)N(C)CCN(C)C2CCC(OC(=O)C(O)(c3cccs3)c3cccs3)CC2)c(Cl)cc1C=O. The Labute approximate surface area is 258 Å². The molecule has 1 fully saturated rings. The molecule has 42 heavy (non-hydrogen) atoms. The first-order valence-electron chi connectivity index (χ1n) is 13.6. The maximum Gasteiger partial charge on any atom is 0.349 e. The van der Waals surface area contributed by atoms with Gasteiger partial charge in [-0.1, -0.05) is 23.7 Å². The van der Waals surface area contributed by atoms with E-state index in [2.05, 4.69) is 4.90 Å². The second-order valence-corrected chi connectivity index (χ2v) is 12.5. The number of likely N-dealkylation sites (N-methyl/N-ethyl adjacent to an activating group) is 2. The van der Waals surface area contributed by atoms with Gasteiger partial charge in [0.2, 0.25) is 5.60 Å². The molecular formula is C30H35ClN2O7S2. The Balaban J connectivity index is 1.22. The molecule has 1 aliphatic carbocycles. The highest BCUT2D eigenvalue weighted by molar-refractivity contribution is 7.12. The first-order chi connectivity index (χ1) is 20.2. The normalized spacial score (nSPS) is 17.1. The molecule has 2 heterocycles. The summed E-state index contributed by atoms with van der Waals surface area (Å²) in [7, 11) is 5.18. The molecule has 0 aliphatic heterocycles. The van der Waals surface area contributed by atoms with Crippen molar-refractivity contribution in [1.82, 2.24) is 9.80 Å². The molecule has 1 saturated carbocycles. The fraction of sp³-hybridized carbons (Fsp3) is 0.433. The molecule has 1 N–H and O–H groups in total. The molecule has 0 spiro atoms. The number of hydrogen-bond donors (Lipinski definition) is 1. The number of benzene rings is 1. The van der Waals surface area contributed by atoms with E-state index in [1.54, 1.807) is 24.1 Å². The molecule has 3 aromatic rings. The van der Waals surface area contributed by atoms with E-state index in [4.69, 9.17) is 25.8 Å². The van der Waals surface area contributed by atoms with Crippen molar-refractivity contribution in [1.29, 1.82) is 0 Å². The zero-order chi connectivity index (χ0) is 30.3. The fourth-order valence-corrected chi connectivity index (χ4v) is 6.87. The molecule has 9 nitrogen and oxygen atoms in total. The van der Waals surface area contributed by atoms with E-state index in [1.807, 2.05) is 29.9 Å². The van der Waals surface area contributed by atoms with Crippen molar-refractivity contribution in [3.8, 4) is 11.5 Å². The summed E-state index contributed by atoms with van der Waals surface area (Å²) in [5.41, 5.74) is -1.50. The van der Waals surface area contributed by atoms with Crippen molar-refractivity contribution in [3.63, 3.8) is 0 Å². The first kappa shape index (κ1) is 32.0. The van der Waals surface area contributed by atoms with Gasteiger partial charge in [-0.05, 0) is 61.7 Å². The number of methoxy groups -OCH3 is 1. The van der Waals surface area contributed by atoms with E-state index >= 15 is 0 Å². The van der Waals surface area contributed by atoms with Crippen LogP contribution in [0.1, 0.15) is 45.8 Å². The Bertz CT molecular complexity index is 1310. The van der Waals surface area contributed by atoms with Gasteiger partial charge in [0.05, 0.1) is 27.5 Å². The van der Waals surface area contributed by atoms with Crippen molar-refractivity contribution in [3.05, 3.63) is 67.5 Å². The van der Waals surface area contributed by atoms with Crippen molar-refractivity contribution in [2.45, 2.75) is 43.4 Å². The van der Waals surface area contributed by atoms with Gasteiger partial charge in [0.25, 0.3) is 5.91 Å². The van der Waals surface area contributed by atoms with Crippen LogP contribution in [-0.2, 0) is 19.9 Å². The van der Waals surface area contributed by atoms with Crippen LogP contribution >= 0.6 is 34.3 Å². The smallest absolute Gasteiger partial charge is 0.349 e. The number of nitrogens with zero attached hydrogens (tertiary/aromatic N) is 2. The average Bonchev–Trinajstić information content (AvgIpc) is 3.74. The molecule has 0 atom stereocenters. The van der Waals surface area contributed by atoms with Gasteiger partial charge in [-0.2, -0.15) is 0 Å². The van der Waals surface area contributed by atoms with Crippen LogP contribution in [0.3, 0.4) is 0 Å². The zero-order valence-electron chi connectivity index (χ0n) is 23.8. The van der Waals surface area contributed by atoms with Gasteiger partial charge in [0.1, 0.15) is 17.6 Å². The maximum atomic E-state index is 13.3. The Morgan fingerprint density at radius 1 is 1.05 bits per heavy atom. The van der Waals surface area contributed by atoms with E-state index in [0.717, 1.165) is 12.8 Å². The summed E-state index contributed by atoms with van der Waals surface area (Å²) in [6, 6.07) is 10.4. The molecular weight excluding hydrogens is 600 g/mol. The Kier molecular flexibility index (Phi) is 11.0. The van der Waals surface area contributed by atoms with E-state index < -0.39 is 11.6 Å². The molecule has 4 rings (SSSR count). The highest BCUT2D eigenvalue weighted by atomic mass is 35.5. The lowest BCUT2D eigenvalue weighted by atomic mass is 9.91. The number of aldehydes is 1. The van der Waals surface area contributed by atoms with Crippen molar-refractivity contribution in [2.24, 2.45) is 0 Å². The lowest BCUT2D eigenvalue weighted by Crippen LogP contribution is -2.44. The lowest BCUT2D eigenvalue weighted by Gasteiger charge is -2.36. The second kappa shape index (κ2) is 14.5. The molecule has 1 aromatic carbocycles. The third-order valence-electron chi connectivity index (χ3n) is 7.57. The van der Waals surface area contributed by atoms with Gasteiger partial charge in [0.15, 0.2) is 12.9 Å². The highest BCUT2D eigenvalue weighted by Crippen LogP contribution is 2.38. The summed E-state index contributed by atoms with van der Waals surface area (Å²) in [5, 5.41) is 15.4. The van der Waals surface area contributed by atoms with Crippen molar-refractivity contribution >= 4 is 52.4 Å². The molecule has 0 radical (unpaired) electrons. The quantitative estimate of drug-likeness (QED) is 0.210. The Hall–Kier alpha value is -2.96. The van der Waals surface area contributed by atoms with Crippen LogP contribution in [0.2, 0.25) is 5.02 Å². The van der Waals surface area contributed by atoms with Gasteiger partial charge >= 0.3 is 5.97 Å². The molecule has 1 aliphatic rings. The highest BCUT2D eigenvalue weighted by Gasteiger charge is 2.45. The van der Waals surface area contributed by atoms with Gasteiger partial charge in [0, 0.05) is 32.2 Å². The summed E-state index contributed by atoms with van der Waals surface area (Å²) >= 11 is 8.84. The minimum absolute atomic E-state index is 0.205. The largest absolute Gasteiger partial charge is 0.496 e. The standard InChI is InChI=1S/C30H35ClN2O7S2/c1-32(12-13-33(2)28(35)19-39-25-17-24(38-3)20(18-34)16-23(25)31)21-8-10-22(11-9-21)40-29(36)30(37,26-6-4-14-41-26)27-7-5-15-42-27/h4-7,14-18,21-22,37H,8-13,19H2,1-3H3. The maximum absolute atomic E-state index is 13.3. The van der Waals surface area contributed by atoms with Crippen LogP contribution < -0.4 is 9.47 Å². The number of carbonyl (C=O) groups is 3. The number of rotatable bonds is 13. The van der Waals surface area contributed by atoms with E-state index in [-0.39, 0.29) is 35.4 Å². The molecule has 226 valence electrons. The second-order valence-electron chi connectivity index (χ2n) is 10.2. The third-order valence-corrected chi connectivity index (χ3v) is 9.82. The van der Waals surface area contributed by atoms with Crippen LogP contribution in [0.15, 0.2) is 47.2 Å². The molecule has 12 heteroatoms. The summed E-state index contributed by atoms with van der Waals surface area (Å²) in [5.74, 6) is -0.264. The predicted octanol–water partition coefficient (Wildman–Crippen LogP) is 4.84. The number of carbonyl (C=O) groups excluding carboxylic acids is 3. The summed E-state index contributed by atoms with van der Waals surface area (Å²) in [4.78, 5) is 42.0. The van der Waals surface area contributed by atoms with Gasteiger partial charge in [-0.3, -0.25) is 9.59 Å². The third kappa shape index (κ3) is 7.33. The number of halogens is 1. The molecule has 0 saturated heterocycles. The van der Waals surface area contributed by atoms with Crippen molar-refractivity contribution in [2.75, 3.05) is 40.9 Å². The molecule has 1 amide bonds. The Morgan fingerprint density at radius 3 is 2.24 bits per heavy atom. The lowest BCUT2D eigenvalue weighted by molar-refractivity contribution is -0.169. The van der Waals surface area contributed by atoms with Crippen LogP contribution in [0, 0.1) is 0 Å².